The molecule has 0 fully saturated rings. The van der Waals surface area contributed by atoms with E-state index in [0.29, 0.717) is 0 Å². The highest BCUT2D eigenvalue weighted by atomic mass is 31.1. The molecule has 4 nitrogen and oxygen atoms in total. The molecule has 1 aromatic rings. The molecule has 0 aliphatic carbocycles. The van der Waals surface area contributed by atoms with E-state index >= 15 is 0 Å². The molecule has 0 aliphatic rings. The number of nitrogens with zero attached hydrogens (tertiary/aromatic N) is 3. The lowest BCUT2D eigenvalue weighted by molar-refractivity contribution is 0.589. The third kappa shape index (κ3) is 0.810. The second-order valence-corrected chi connectivity index (χ2v) is 1.48. The average Bonchev–Trinajstić information content (AvgIpc) is 2.14. The van der Waals surface area contributed by atoms with Crippen molar-refractivity contribution in [2.45, 2.75) is 0 Å². The Morgan fingerprint density at radius 1 is 1.71 bits per heavy atom. The van der Waals surface area contributed by atoms with Crippen LogP contribution in [0.3, 0.4) is 0 Å². The summed E-state index contributed by atoms with van der Waals surface area (Å²) in [5.74, 6) is 0. The summed E-state index contributed by atoms with van der Waals surface area (Å²) in [6.07, 6.45) is 2.97. The SMILES string of the molecule is O=Pn1ccnn1. The predicted molar refractivity (Wildman–Crippen MR) is 23.0 cm³/mol. The normalized spacial score (nSPS) is 9.71. The highest BCUT2D eigenvalue weighted by Crippen LogP contribution is 1.91. The van der Waals surface area contributed by atoms with Crippen molar-refractivity contribution in [2.24, 2.45) is 0 Å². The fourth-order valence-corrected chi connectivity index (χ4v) is 0.438. The molecular weight excluding hydrogens is 113 g/mol. The average molecular weight is 115 g/mol. The molecule has 0 aromatic carbocycles. The highest BCUT2D eigenvalue weighted by Gasteiger charge is 1.81. The smallest absolute Gasteiger partial charge is 0.247 e. The van der Waals surface area contributed by atoms with Gasteiger partial charge in [0.25, 0.3) is 0 Å². The van der Waals surface area contributed by atoms with Crippen LogP contribution in [0.1, 0.15) is 0 Å². The van der Waals surface area contributed by atoms with Crippen molar-refractivity contribution >= 4 is 8.61 Å². The quantitative estimate of drug-likeness (QED) is 0.495. The highest BCUT2D eigenvalue weighted by molar-refractivity contribution is 7.21. The minimum absolute atomic E-state index is 0.142. The van der Waals surface area contributed by atoms with Crippen LogP contribution in [0.5, 0.6) is 0 Å². The van der Waals surface area contributed by atoms with E-state index in [1.54, 1.807) is 0 Å². The van der Waals surface area contributed by atoms with Gasteiger partial charge >= 0.3 is 8.61 Å². The Labute approximate surface area is 41.4 Å². The van der Waals surface area contributed by atoms with Crippen LogP contribution in [0.25, 0.3) is 0 Å². The summed E-state index contributed by atoms with van der Waals surface area (Å²) in [5, 5.41) is 6.78. The Morgan fingerprint density at radius 3 is 2.86 bits per heavy atom. The largest absolute Gasteiger partial charge is 0.305 e. The molecule has 0 unspecified atom stereocenters. The summed E-state index contributed by atoms with van der Waals surface area (Å²) >= 11 is 0. The maximum absolute atomic E-state index is 9.83. The summed E-state index contributed by atoms with van der Waals surface area (Å²) in [4.78, 5) is 0. The molecule has 0 aliphatic heterocycles. The molecule has 0 radical (unpaired) electrons. The maximum Gasteiger partial charge on any atom is 0.305 e. The molecule has 0 atom stereocenters. The zero-order chi connectivity index (χ0) is 5.11. The molecule has 1 aromatic heterocycles. The van der Waals surface area contributed by atoms with Crippen LogP contribution >= 0.6 is 8.61 Å². The van der Waals surface area contributed by atoms with Gasteiger partial charge in [-0.1, -0.05) is 5.21 Å². The molecule has 36 valence electrons. The Bertz CT molecular complexity index is 148. The van der Waals surface area contributed by atoms with Crippen molar-refractivity contribution in [3.63, 3.8) is 0 Å². The first-order valence-electron chi connectivity index (χ1n) is 1.63. The number of hydrogen-bond acceptors (Lipinski definition) is 3. The van der Waals surface area contributed by atoms with Crippen LogP contribution in [0.2, 0.25) is 0 Å². The van der Waals surface area contributed by atoms with E-state index in [2.05, 4.69) is 10.3 Å². The standard InChI is InChI=1S/C2H2N3OP/c6-7-5-2-1-3-4-5/h1-2H. The van der Waals surface area contributed by atoms with Crippen LogP contribution in [0.15, 0.2) is 12.4 Å². The summed E-state index contributed by atoms with van der Waals surface area (Å²) in [6.45, 7) is 0. The van der Waals surface area contributed by atoms with Gasteiger partial charge in [0.2, 0.25) is 0 Å². The molecule has 0 amide bonds. The summed E-state index contributed by atoms with van der Waals surface area (Å²) in [7, 11) is -0.142. The van der Waals surface area contributed by atoms with Crippen LogP contribution < -0.4 is 0 Å². The van der Waals surface area contributed by atoms with E-state index < -0.39 is 0 Å². The Kier molecular flexibility index (Phi) is 1.13. The molecule has 1 rings (SSSR count). The van der Waals surface area contributed by atoms with Gasteiger partial charge in [-0.15, -0.1) is 5.10 Å². The lowest BCUT2D eigenvalue weighted by atomic mass is 11.0. The second kappa shape index (κ2) is 1.80. The zero-order valence-electron chi connectivity index (χ0n) is 3.35. The van der Waals surface area contributed by atoms with Crippen LogP contribution in [-0.4, -0.2) is 14.8 Å². The van der Waals surface area contributed by atoms with Crippen molar-refractivity contribution < 1.29 is 4.57 Å². The maximum atomic E-state index is 9.83. The molecule has 0 spiro atoms. The van der Waals surface area contributed by atoms with Crippen LogP contribution in [0, 0.1) is 0 Å². The first-order chi connectivity index (χ1) is 3.43. The minimum Gasteiger partial charge on any atom is -0.247 e. The van der Waals surface area contributed by atoms with Crippen molar-refractivity contribution in [3.8, 4) is 0 Å². The van der Waals surface area contributed by atoms with Gasteiger partial charge in [0.15, 0.2) is 0 Å². The molecule has 0 saturated carbocycles. The van der Waals surface area contributed by atoms with Gasteiger partial charge in [0.1, 0.15) is 0 Å². The van der Waals surface area contributed by atoms with Crippen molar-refractivity contribution in [2.75, 3.05) is 0 Å². The van der Waals surface area contributed by atoms with Gasteiger partial charge < -0.3 is 0 Å². The Balaban J connectivity index is 2.96. The molecule has 5 heteroatoms. The summed E-state index contributed by atoms with van der Waals surface area (Å²) in [5.41, 5.74) is 0. The van der Waals surface area contributed by atoms with E-state index in [0.717, 1.165) is 0 Å². The van der Waals surface area contributed by atoms with Gasteiger partial charge in [-0.25, -0.2) is 4.57 Å². The third-order valence-corrected chi connectivity index (χ3v) is 0.874. The molecule has 1 heterocycles. The fraction of sp³-hybridized carbons (Fsp3) is 0. The van der Waals surface area contributed by atoms with E-state index in [-0.39, 0.29) is 8.61 Å². The van der Waals surface area contributed by atoms with Gasteiger partial charge in [0.05, 0.1) is 12.4 Å². The number of rotatable bonds is 1. The van der Waals surface area contributed by atoms with Gasteiger partial charge in [-0.3, -0.25) is 0 Å². The lowest BCUT2D eigenvalue weighted by Gasteiger charge is -1.70. The molecule has 0 bridgehead atoms. The third-order valence-electron chi connectivity index (χ3n) is 0.494. The summed E-state index contributed by atoms with van der Waals surface area (Å²) in [6, 6.07) is 0. The van der Waals surface area contributed by atoms with E-state index in [4.69, 9.17) is 0 Å². The van der Waals surface area contributed by atoms with Crippen LogP contribution in [0.4, 0.5) is 0 Å². The van der Waals surface area contributed by atoms with E-state index in [1.807, 2.05) is 0 Å². The monoisotopic (exact) mass is 115 g/mol. The topological polar surface area (TPSA) is 47.8 Å². The lowest BCUT2D eigenvalue weighted by Crippen LogP contribution is -1.77. The predicted octanol–water partition coefficient (Wildman–Crippen LogP) is 0.333. The number of hydrogen-bond donors (Lipinski definition) is 0. The molecule has 0 saturated heterocycles. The molecule has 0 N–H and O–H groups in total. The first kappa shape index (κ1) is 4.40. The van der Waals surface area contributed by atoms with Gasteiger partial charge in [-0.2, -0.15) is 4.45 Å². The second-order valence-electron chi connectivity index (χ2n) is 0.905. The van der Waals surface area contributed by atoms with Crippen LogP contribution in [-0.2, 0) is 4.57 Å². The van der Waals surface area contributed by atoms with Crippen molar-refractivity contribution in [3.05, 3.63) is 12.4 Å². The van der Waals surface area contributed by atoms with E-state index in [1.165, 1.54) is 16.8 Å². The van der Waals surface area contributed by atoms with Crippen molar-refractivity contribution in [1.29, 1.82) is 0 Å². The fourth-order valence-electron chi connectivity index (χ4n) is 0.246. The Hall–Kier alpha value is -0.760. The number of aromatic nitrogens is 3. The van der Waals surface area contributed by atoms with Crippen molar-refractivity contribution in [1.82, 2.24) is 14.8 Å². The zero-order valence-corrected chi connectivity index (χ0v) is 4.25. The minimum atomic E-state index is -0.142. The Morgan fingerprint density at radius 2 is 2.57 bits per heavy atom. The van der Waals surface area contributed by atoms with Gasteiger partial charge in [-0.05, 0) is 0 Å². The summed E-state index contributed by atoms with van der Waals surface area (Å²) < 4.78 is 11.0. The van der Waals surface area contributed by atoms with E-state index in [9.17, 15) is 4.57 Å². The molecular formula is C2H2N3OP. The van der Waals surface area contributed by atoms with Gasteiger partial charge in [0, 0.05) is 0 Å². The first-order valence-corrected chi connectivity index (χ1v) is 2.40. The molecule has 7 heavy (non-hydrogen) atoms.